The van der Waals surface area contributed by atoms with Crippen molar-refractivity contribution >= 4 is 46.4 Å². The number of aryl methyl sites for hydroxylation is 2. The van der Waals surface area contributed by atoms with Gasteiger partial charge in [-0.3, -0.25) is 9.59 Å². The Bertz CT molecular complexity index is 2030. The number of rotatable bonds is 9. The number of allylic oxidation sites excluding steroid dienone is 4. The van der Waals surface area contributed by atoms with Gasteiger partial charge in [0.15, 0.2) is 0 Å². The zero-order chi connectivity index (χ0) is 35.2. The Morgan fingerprint density at radius 1 is 0.592 bits per heavy atom. The van der Waals surface area contributed by atoms with Gasteiger partial charge in [0.1, 0.15) is 11.6 Å². The van der Waals surface area contributed by atoms with E-state index in [9.17, 15) is 28.6 Å². The number of fused-ring (bicyclic) bond motifs is 2. The minimum absolute atomic E-state index is 0.102. The van der Waals surface area contributed by atoms with Crippen LogP contribution < -0.4 is 0 Å². The number of halogens is 2. The number of carbonyl (C=O) groups is 2. The summed E-state index contributed by atoms with van der Waals surface area (Å²) in [5.74, 6) is -2.51. The third-order valence-electron chi connectivity index (χ3n) is 9.09. The zero-order valence-electron chi connectivity index (χ0n) is 28.2. The molecule has 0 unspecified atom stereocenters. The van der Waals surface area contributed by atoms with Gasteiger partial charge in [-0.05, 0) is 141 Å². The Morgan fingerprint density at radius 2 is 1.00 bits per heavy atom. The molecule has 0 amide bonds. The molecule has 0 aromatic heterocycles. The maximum absolute atomic E-state index is 13.7. The highest BCUT2D eigenvalue weighted by Gasteiger charge is 2.27. The molecule has 0 saturated heterocycles. The molecule has 2 N–H and O–H groups in total. The van der Waals surface area contributed by atoms with Gasteiger partial charge in [-0.1, -0.05) is 80.9 Å². The molecule has 0 aliphatic heterocycles. The lowest BCUT2D eigenvalue weighted by molar-refractivity contribution is -0.136. The van der Waals surface area contributed by atoms with Crippen molar-refractivity contribution in [1.29, 1.82) is 0 Å². The Morgan fingerprint density at radius 3 is 1.37 bits per heavy atom. The van der Waals surface area contributed by atoms with Crippen molar-refractivity contribution in [3.8, 4) is 0 Å². The molecule has 49 heavy (non-hydrogen) atoms. The van der Waals surface area contributed by atoms with Crippen molar-refractivity contribution in [3.63, 3.8) is 0 Å². The van der Waals surface area contributed by atoms with Crippen LogP contribution in [-0.4, -0.2) is 22.2 Å². The molecule has 0 bridgehead atoms. The predicted molar refractivity (Wildman–Crippen MR) is 194 cm³/mol. The zero-order valence-corrected chi connectivity index (χ0v) is 28.2. The normalized spacial score (nSPS) is 15.0. The summed E-state index contributed by atoms with van der Waals surface area (Å²) >= 11 is 0. The molecule has 6 rings (SSSR count). The Kier molecular flexibility index (Phi) is 10.9. The van der Waals surface area contributed by atoms with Gasteiger partial charge in [0, 0.05) is 0 Å². The average Bonchev–Trinajstić information content (AvgIpc) is 3.46. The predicted octanol–water partition coefficient (Wildman–Crippen LogP) is 10.8. The van der Waals surface area contributed by atoms with E-state index in [1.54, 1.807) is 12.1 Å². The fraction of sp³-hybridized carbons (Fsp3) is 0.209. The van der Waals surface area contributed by atoms with Crippen LogP contribution in [0.3, 0.4) is 0 Å². The van der Waals surface area contributed by atoms with Crippen molar-refractivity contribution < 1.29 is 28.6 Å². The lowest BCUT2D eigenvalue weighted by atomic mass is 9.99. The minimum atomic E-state index is -0.909. The minimum Gasteiger partial charge on any atom is -0.481 e. The highest BCUT2D eigenvalue weighted by molar-refractivity contribution is 6.08. The molecule has 4 nitrogen and oxygen atoms in total. The van der Waals surface area contributed by atoms with Crippen molar-refractivity contribution in [1.82, 2.24) is 0 Å². The molecule has 6 heteroatoms. The molecule has 0 atom stereocenters. The number of carboxylic acid groups (broad SMARTS) is 2. The molecule has 4 aromatic rings. The van der Waals surface area contributed by atoms with E-state index in [4.69, 9.17) is 0 Å². The highest BCUT2D eigenvalue weighted by Crippen LogP contribution is 2.45. The summed E-state index contributed by atoms with van der Waals surface area (Å²) in [6.45, 7) is 8.08. The van der Waals surface area contributed by atoms with Gasteiger partial charge in [-0.25, -0.2) is 8.78 Å². The quantitative estimate of drug-likeness (QED) is 0.188. The van der Waals surface area contributed by atoms with Gasteiger partial charge in [-0.2, -0.15) is 0 Å². The number of aliphatic carboxylic acids is 2. The van der Waals surface area contributed by atoms with Crippen LogP contribution in [0, 0.1) is 11.6 Å². The summed E-state index contributed by atoms with van der Waals surface area (Å²) in [4.78, 5) is 22.4. The second-order valence-electron chi connectivity index (χ2n) is 12.4. The third-order valence-corrected chi connectivity index (χ3v) is 9.09. The smallest absolute Gasteiger partial charge is 0.307 e. The standard InChI is InChI=1S/C22H21FO2.C21H19FO2/c1-3-4-15-5-7-16(8-6-15)11-19-14(2)20(13-22(24)25)21-12-17(23)9-10-18(19)21;1-3-14-4-6-15(7-5-14)10-18-13(2)19(12-21(23)24)20-11-16(22)8-9-17(18)20/h5-12H,3-4,13H2,1-2H3,(H,24,25);4-11H,3,12H2,1-2H3,(H,23,24)/b19-11-;18-10-. The molecule has 0 heterocycles. The second-order valence-corrected chi connectivity index (χ2v) is 12.4. The van der Waals surface area contributed by atoms with Crippen molar-refractivity contribution in [3.05, 3.63) is 152 Å². The Balaban J connectivity index is 0.000000191. The van der Waals surface area contributed by atoms with Crippen molar-refractivity contribution in [2.75, 3.05) is 0 Å². The maximum atomic E-state index is 13.7. The molecule has 2 aliphatic rings. The average molecular weight is 659 g/mol. The lowest BCUT2D eigenvalue weighted by Gasteiger charge is -2.05. The summed E-state index contributed by atoms with van der Waals surface area (Å²) in [6.07, 6.45) is 7.04. The number of hydrogen-bond acceptors (Lipinski definition) is 2. The number of hydrogen-bond donors (Lipinski definition) is 2. The maximum Gasteiger partial charge on any atom is 0.307 e. The van der Waals surface area contributed by atoms with Gasteiger partial charge in [-0.15, -0.1) is 0 Å². The lowest BCUT2D eigenvalue weighted by Crippen LogP contribution is -1.97. The van der Waals surface area contributed by atoms with E-state index in [0.717, 1.165) is 63.8 Å². The van der Waals surface area contributed by atoms with E-state index < -0.39 is 11.9 Å². The van der Waals surface area contributed by atoms with Gasteiger partial charge in [0.05, 0.1) is 12.8 Å². The molecule has 4 aromatic carbocycles. The first-order chi connectivity index (χ1) is 23.5. The number of benzene rings is 4. The van der Waals surface area contributed by atoms with Gasteiger partial charge >= 0.3 is 11.9 Å². The van der Waals surface area contributed by atoms with Crippen LogP contribution in [0.4, 0.5) is 8.78 Å². The summed E-state index contributed by atoms with van der Waals surface area (Å²) in [7, 11) is 0. The van der Waals surface area contributed by atoms with Crippen LogP contribution in [0.15, 0.2) is 96.1 Å². The van der Waals surface area contributed by atoms with Crippen LogP contribution >= 0.6 is 0 Å². The van der Waals surface area contributed by atoms with Gasteiger partial charge < -0.3 is 10.2 Å². The van der Waals surface area contributed by atoms with Crippen LogP contribution in [0.2, 0.25) is 0 Å². The van der Waals surface area contributed by atoms with Crippen molar-refractivity contribution in [2.24, 2.45) is 0 Å². The van der Waals surface area contributed by atoms with E-state index in [0.29, 0.717) is 22.3 Å². The topological polar surface area (TPSA) is 74.6 Å². The number of carboxylic acids is 2. The largest absolute Gasteiger partial charge is 0.481 e. The van der Waals surface area contributed by atoms with E-state index in [1.807, 2.05) is 19.9 Å². The van der Waals surface area contributed by atoms with Crippen LogP contribution in [-0.2, 0) is 22.4 Å². The van der Waals surface area contributed by atoms with Crippen LogP contribution in [0.1, 0.15) is 91.5 Å². The summed E-state index contributed by atoms with van der Waals surface area (Å²) < 4.78 is 27.3. The van der Waals surface area contributed by atoms with Crippen LogP contribution in [0.25, 0.3) is 34.4 Å². The first-order valence-electron chi connectivity index (χ1n) is 16.5. The molecule has 250 valence electrons. The van der Waals surface area contributed by atoms with Crippen LogP contribution in [0.5, 0.6) is 0 Å². The SMILES string of the molecule is CCCc1ccc(/C=C2/C(C)=C(CC(=O)O)c3cc(F)ccc32)cc1.CCc1ccc(/C=C2/C(C)=C(CC(=O)O)c3cc(F)ccc32)cc1. The molecular weight excluding hydrogens is 618 g/mol. The summed E-state index contributed by atoms with van der Waals surface area (Å²) in [5, 5.41) is 18.4. The van der Waals surface area contributed by atoms with E-state index in [2.05, 4.69) is 68.5 Å². The van der Waals surface area contributed by atoms with E-state index in [-0.39, 0.29) is 24.5 Å². The highest BCUT2D eigenvalue weighted by atomic mass is 19.1. The molecular formula is C43H40F2O4. The summed E-state index contributed by atoms with van der Waals surface area (Å²) in [6, 6.07) is 25.8. The van der Waals surface area contributed by atoms with Gasteiger partial charge in [0.2, 0.25) is 0 Å². The first kappa shape index (κ1) is 35.0. The molecule has 0 saturated carbocycles. The fourth-order valence-corrected chi connectivity index (χ4v) is 6.52. The third kappa shape index (κ3) is 8.03. The molecule has 2 aliphatic carbocycles. The van der Waals surface area contributed by atoms with E-state index in [1.165, 1.54) is 35.4 Å². The van der Waals surface area contributed by atoms with E-state index >= 15 is 0 Å². The van der Waals surface area contributed by atoms with Gasteiger partial charge in [0.25, 0.3) is 0 Å². The Labute approximate surface area is 286 Å². The fourth-order valence-electron chi connectivity index (χ4n) is 6.52. The molecule has 0 radical (unpaired) electrons. The second kappa shape index (κ2) is 15.2. The first-order valence-corrected chi connectivity index (χ1v) is 16.5. The molecule has 0 fully saturated rings. The molecule has 0 spiro atoms. The monoisotopic (exact) mass is 658 g/mol. The Hall–Kier alpha value is -5.36. The van der Waals surface area contributed by atoms with Crippen molar-refractivity contribution in [2.45, 2.75) is 59.8 Å². The summed E-state index contributed by atoms with van der Waals surface area (Å²) in [5.41, 5.74) is 13.0.